The van der Waals surface area contributed by atoms with Crippen molar-refractivity contribution < 1.29 is 0 Å². The molecule has 1 N–H and O–H groups in total. The molecule has 0 saturated heterocycles. The molecule has 0 aliphatic heterocycles. The molecule has 0 aliphatic rings. The minimum Gasteiger partial charge on any atom is -0.374 e. The van der Waals surface area contributed by atoms with Gasteiger partial charge in [-0.2, -0.15) is 0 Å². The highest BCUT2D eigenvalue weighted by Gasteiger charge is 1.95. The molecule has 106 valence electrons. The fourth-order valence-corrected chi connectivity index (χ4v) is 2.23. The number of nitrogens with one attached hydrogen (secondary N) is 1. The molecular weight excluding hydrogens is 266 g/mol. The maximum Gasteiger partial charge on any atom is 0.0769 e. The lowest BCUT2D eigenvalue weighted by molar-refractivity contribution is 1.38. The van der Waals surface area contributed by atoms with Crippen LogP contribution in [0.3, 0.4) is 0 Å². The van der Waals surface area contributed by atoms with Gasteiger partial charge >= 0.3 is 0 Å². The van der Waals surface area contributed by atoms with E-state index in [0.29, 0.717) is 6.54 Å². The van der Waals surface area contributed by atoms with E-state index < -0.39 is 0 Å². The fraction of sp³-hybridized carbons (Fsp3) is 0.0476. The van der Waals surface area contributed by atoms with Crippen molar-refractivity contribution in [1.82, 2.24) is 0 Å². The lowest BCUT2D eigenvalue weighted by Gasteiger charge is -2.01. The Bertz CT molecular complexity index is 763. The average Bonchev–Trinajstić information content (AvgIpc) is 2.61. The van der Waals surface area contributed by atoms with Gasteiger partial charge in [0.25, 0.3) is 0 Å². The second-order valence-corrected chi connectivity index (χ2v) is 4.96. The summed E-state index contributed by atoms with van der Waals surface area (Å²) in [6.07, 6.45) is 0. The topological polar surface area (TPSA) is 12.0 Å². The molecule has 0 aromatic heterocycles. The molecule has 0 radical (unpaired) electrons. The predicted molar refractivity (Wildman–Crippen MR) is 93.7 cm³/mol. The molecule has 1 nitrogen and oxygen atoms in total. The van der Waals surface area contributed by atoms with Crippen LogP contribution in [0.2, 0.25) is 0 Å². The van der Waals surface area contributed by atoms with Crippen molar-refractivity contribution in [3.8, 4) is 23.0 Å². The first-order chi connectivity index (χ1) is 10.9. The number of rotatable bonds is 3. The monoisotopic (exact) mass is 283 g/mol. The van der Waals surface area contributed by atoms with Crippen LogP contribution in [-0.4, -0.2) is 6.54 Å². The molecule has 0 bridgehead atoms. The summed E-state index contributed by atoms with van der Waals surface area (Å²) >= 11 is 0. The van der Waals surface area contributed by atoms with Gasteiger partial charge in [-0.3, -0.25) is 0 Å². The van der Waals surface area contributed by atoms with Crippen molar-refractivity contribution in [3.63, 3.8) is 0 Å². The number of benzene rings is 3. The molecular formula is C21H17N. The number of hydrogen-bond acceptors (Lipinski definition) is 1. The quantitative estimate of drug-likeness (QED) is 0.680. The normalized spacial score (nSPS) is 9.64. The first kappa shape index (κ1) is 14.0. The van der Waals surface area contributed by atoms with Crippen molar-refractivity contribution in [2.45, 2.75) is 0 Å². The Morgan fingerprint density at radius 2 is 1.23 bits per heavy atom. The molecule has 0 heterocycles. The second-order valence-electron chi connectivity index (χ2n) is 4.96. The van der Waals surface area contributed by atoms with Crippen molar-refractivity contribution in [3.05, 3.63) is 90.5 Å². The summed E-state index contributed by atoms with van der Waals surface area (Å²) in [4.78, 5) is 0. The summed E-state index contributed by atoms with van der Waals surface area (Å²) in [5.41, 5.74) is 4.58. The lowest BCUT2D eigenvalue weighted by atomic mass is 10.0. The van der Waals surface area contributed by atoms with Crippen LogP contribution < -0.4 is 5.32 Å². The van der Waals surface area contributed by atoms with Gasteiger partial charge in [0.1, 0.15) is 0 Å². The van der Waals surface area contributed by atoms with Crippen LogP contribution in [-0.2, 0) is 0 Å². The number of para-hydroxylation sites is 1. The van der Waals surface area contributed by atoms with Gasteiger partial charge in [0, 0.05) is 11.3 Å². The second kappa shape index (κ2) is 7.15. The lowest BCUT2D eigenvalue weighted by Crippen LogP contribution is -1.97. The molecule has 3 aromatic carbocycles. The first-order valence-corrected chi connectivity index (χ1v) is 7.35. The molecule has 0 unspecified atom stereocenters. The molecule has 22 heavy (non-hydrogen) atoms. The third-order valence-electron chi connectivity index (χ3n) is 3.38. The van der Waals surface area contributed by atoms with Gasteiger partial charge in [-0.05, 0) is 35.4 Å². The highest BCUT2D eigenvalue weighted by atomic mass is 14.8. The van der Waals surface area contributed by atoms with Gasteiger partial charge in [0.15, 0.2) is 0 Å². The Hall–Kier alpha value is -2.98. The molecule has 3 aromatic rings. The van der Waals surface area contributed by atoms with Gasteiger partial charge in [0.2, 0.25) is 0 Å². The summed E-state index contributed by atoms with van der Waals surface area (Å²) in [6, 6.07) is 28.8. The third-order valence-corrected chi connectivity index (χ3v) is 3.38. The smallest absolute Gasteiger partial charge is 0.0769 e. The van der Waals surface area contributed by atoms with E-state index >= 15 is 0 Å². The Morgan fingerprint density at radius 3 is 1.91 bits per heavy atom. The van der Waals surface area contributed by atoms with Crippen LogP contribution in [0.25, 0.3) is 11.1 Å². The highest BCUT2D eigenvalue weighted by Crippen LogP contribution is 2.18. The maximum absolute atomic E-state index is 3.28. The molecule has 1 heteroatoms. The predicted octanol–water partition coefficient (Wildman–Crippen LogP) is 4.82. The van der Waals surface area contributed by atoms with Crippen LogP contribution in [0.4, 0.5) is 5.69 Å². The van der Waals surface area contributed by atoms with Crippen molar-refractivity contribution in [1.29, 1.82) is 0 Å². The van der Waals surface area contributed by atoms with E-state index in [1.807, 2.05) is 36.4 Å². The van der Waals surface area contributed by atoms with Gasteiger partial charge in [-0.15, -0.1) is 0 Å². The SMILES string of the molecule is C(#Cc1ccc(-c2ccccc2)cc1)CNc1ccccc1. The van der Waals surface area contributed by atoms with E-state index in [1.165, 1.54) is 11.1 Å². The van der Waals surface area contributed by atoms with E-state index in [1.54, 1.807) is 0 Å². The highest BCUT2D eigenvalue weighted by molar-refractivity contribution is 5.64. The zero-order valence-electron chi connectivity index (χ0n) is 12.3. The summed E-state index contributed by atoms with van der Waals surface area (Å²) in [6.45, 7) is 0.643. The minimum absolute atomic E-state index is 0.643. The van der Waals surface area contributed by atoms with Crippen LogP contribution in [0.5, 0.6) is 0 Å². The van der Waals surface area contributed by atoms with Crippen molar-refractivity contribution >= 4 is 5.69 Å². The molecule has 0 atom stereocenters. The molecule has 0 amide bonds. The van der Waals surface area contributed by atoms with Gasteiger partial charge in [0.05, 0.1) is 6.54 Å². The van der Waals surface area contributed by atoms with Crippen LogP contribution in [0.15, 0.2) is 84.9 Å². The zero-order chi connectivity index (χ0) is 15.0. The van der Waals surface area contributed by atoms with Crippen molar-refractivity contribution in [2.24, 2.45) is 0 Å². The Balaban J connectivity index is 1.61. The van der Waals surface area contributed by atoms with Crippen LogP contribution in [0, 0.1) is 11.8 Å². The fourth-order valence-electron chi connectivity index (χ4n) is 2.23. The van der Waals surface area contributed by atoms with Crippen LogP contribution >= 0.6 is 0 Å². The zero-order valence-corrected chi connectivity index (χ0v) is 12.3. The molecule has 0 aliphatic carbocycles. The Kier molecular flexibility index (Phi) is 4.54. The maximum atomic E-state index is 3.28. The molecule has 0 spiro atoms. The van der Waals surface area contributed by atoms with E-state index in [2.05, 4.69) is 65.7 Å². The standard InChI is InChI=1S/C21H17N/c1-3-9-19(10-4-1)20-15-13-18(14-16-20)8-7-17-22-21-11-5-2-6-12-21/h1-6,9-16,22H,17H2. The van der Waals surface area contributed by atoms with E-state index in [9.17, 15) is 0 Å². The largest absolute Gasteiger partial charge is 0.374 e. The summed E-state index contributed by atoms with van der Waals surface area (Å²) in [5.74, 6) is 6.33. The number of anilines is 1. The summed E-state index contributed by atoms with van der Waals surface area (Å²) in [7, 11) is 0. The van der Waals surface area contributed by atoms with Crippen LogP contribution in [0.1, 0.15) is 5.56 Å². The molecule has 0 saturated carbocycles. The van der Waals surface area contributed by atoms with E-state index in [0.717, 1.165) is 11.3 Å². The van der Waals surface area contributed by atoms with Crippen molar-refractivity contribution in [2.75, 3.05) is 11.9 Å². The third kappa shape index (κ3) is 3.77. The first-order valence-electron chi connectivity index (χ1n) is 7.35. The van der Waals surface area contributed by atoms with E-state index in [4.69, 9.17) is 0 Å². The minimum atomic E-state index is 0.643. The Morgan fingerprint density at radius 1 is 0.636 bits per heavy atom. The molecule has 3 rings (SSSR count). The van der Waals surface area contributed by atoms with Gasteiger partial charge in [-0.1, -0.05) is 72.5 Å². The summed E-state index contributed by atoms with van der Waals surface area (Å²) < 4.78 is 0. The number of hydrogen-bond donors (Lipinski definition) is 1. The van der Waals surface area contributed by atoms with E-state index in [-0.39, 0.29) is 0 Å². The molecule has 0 fully saturated rings. The van der Waals surface area contributed by atoms with Gasteiger partial charge < -0.3 is 5.32 Å². The Labute approximate surface area is 131 Å². The summed E-state index contributed by atoms with van der Waals surface area (Å²) in [5, 5.41) is 3.28. The average molecular weight is 283 g/mol. The van der Waals surface area contributed by atoms with Gasteiger partial charge in [-0.25, -0.2) is 0 Å².